The van der Waals surface area contributed by atoms with E-state index in [1.54, 1.807) is 4.90 Å². The van der Waals surface area contributed by atoms with Crippen LogP contribution in [0.15, 0.2) is 42.5 Å². The second-order valence-electron chi connectivity index (χ2n) is 7.29. The van der Waals surface area contributed by atoms with Crippen molar-refractivity contribution in [1.29, 1.82) is 0 Å². The van der Waals surface area contributed by atoms with Crippen molar-refractivity contribution in [3.8, 4) is 11.5 Å². The maximum atomic E-state index is 12.7. The number of piperidine rings is 1. The molecule has 2 amide bonds. The number of likely N-dealkylation sites (tertiary alicyclic amines) is 1. The number of carbonyl (C=O) groups is 1. The molecule has 9 heteroatoms. The van der Waals surface area contributed by atoms with Gasteiger partial charge in [-0.2, -0.15) is 13.2 Å². The number of rotatable bonds is 3. The van der Waals surface area contributed by atoms with E-state index in [1.165, 1.54) is 12.1 Å². The molecule has 0 bridgehead atoms. The Balaban J connectivity index is 1.35. The third kappa shape index (κ3) is 4.72. The van der Waals surface area contributed by atoms with E-state index < -0.39 is 11.7 Å². The molecule has 0 radical (unpaired) electrons. The molecule has 1 atom stereocenters. The van der Waals surface area contributed by atoms with Crippen molar-refractivity contribution in [1.82, 2.24) is 4.90 Å². The predicted molar refractivity (Wildman–Crippen MR) is 106 cm³/mol. The Labute approximate surface area is 172 Å². The molecular weight excluding hydrogens is 399 g/mol. The summed E-state index contributed by atoms with van der Waals surface area (Å²) in [5, 5.41) is 6.09. The fraction of sp³-hybridized carbons (Fsp3) is 0.381. The van der Waals surface area contributed by atoms with Crippen molar-refractivity contribution < 1.29 is 27.4 Å². The minimum Gasteiger partial charge on any atom is -0.486 e. The molecule has 6 nitrogen and oxygen atoms in total. The molecule has 0 aromatic heterocycles. The number of halogens is 3. The fourth-order valence-electron chi connectivity index (χ4n) is 3.59. The average molecular weight is 421 g/mol. The van der Waals surface area contributed by atoms with Crippen LogP contribution in [0, 0.1) is 0 Å². The van der Waals surface area contributed by atoms with E-state index in [-0.39, 0.29) is 12.1 Å². The second-order valence-corrected chi connectivity index (χ2v) is 7.29. The number of fused-ring (bicyclic) bond motifs is 1. The molecule has 1 fully saturated rings. The van der Waals surface area contributed by atoms with Crippen LogP contribution in [0.25, 0.3) is 0 Å². The summed E-state index contributed by atoms with van der Waals surface area (Å²) < 4.78 is 49.1. The van der Waals surface area contributed by atoms with Crippen molar-refractivity contribution in [2.75, 3.05) is 36.9 Å². The summed E-state index contributed by atoms with van der Waals surface area (Å²) in [6, 6.07) is 9.81. The summed E-state index contributed by atoms with van der Waals surface area (Å²) in [6.07, 6.45) is -2.68. The zero-order valence-electron chi connectivity index (χ0n) is 16.2. The highest BCUT2D eigenvalue weighted by atomic mass is 19.4. The monoisotopic (exact) mass is 421 g/mol. The fourth-order valence-corrected chi connectivity index (χ4v) is 3.59. The van der Waals surface area contributed by atoms with Gasteiger partial charge in [-0.05, 0) is 49.2 Å². The predicted octanol–water partition coefficient (Wildman–Crippen LogP) is 4.59. The Morgan fingerprint density at radius 2 is 1.70 bits per heavy atom. The maximum Gasteiger partial charge on any atom is 0.416 e. The molecule has 2 aromatic carbocycles. The first-order valence-electron chi connectivity index (χ1n) is 9.78. The highest BCUT2D eigenvalue weighted by molar-refractivity contribution is 5.89. The first-order chi connectivity index (χ1) is 14.4. The summed E-state index contributed by atoms with van der Waals surface area (Å²) in [7, 11) is 0. The molecule has 30 heavy (non-hydrogen) atoms. The minimum absolute atomic E-state index is 0.0552. The lowest BCUT2D eigenvalue weighted by Crippen LogP contribution is -2.46. The van der Waals surface area contributed by atoms with Gasteiger partial charge in [0, 0.05) is 36.6 Å². The van der Waals surface area contributed by atoms with Gasteiger partial charge in [0.25, 0.3) is 0 Å². The Morgan fingerprint density at radius 3 is 2.43 bits per heavy atom. The molecule has 1 saturated heterocycles. The number of carbonyl (C=O) groups excluding carboxylic acids is 1. The average Bonchev–Trinajstić information content (AvgIpc) is 2.73. The SMILES string of the molecule is O=C(Nc1ccc(C(F)(F)F)cc1)N1CCCC(Nc2ccc3c(c2)OCCO3)C1. The summed E-state index contributed by atoms with van der Waals surface area (Å²) in [5.41, 5.74) is 0.464. The number of alkyl halides is 3. The standard InChI is InChI=1S/C21H22F3N3O3/c22-21(23,24)14-3-5-15(6-4-14)26-20(28)27-9-1-2-17(13-27)25-16-7-8-18-19(12-16)30-11-10-29-18/h3-8,12,17,25H,1-2,9-11,13H2,(H,26,28). The highest BCUT2D eigenvalue weighted by Gasteiger charge is 2.30. The summed E-state index contributed by atoms with van der Waals surface area (Å²) in [6.45, 7) is 2.12. The molecule has 0 aliphatic carbocycles. The molecule has 2 aliphatic heterocycles. The normalized spacial score (nSPS) is 18.6. The van der Waals surface area contributed by atoms with Crippen LogP contribution in [0.2, 0.25) is 0 Å². The van der Waals surface area contributed by atoms with E-state index in [2.05, 4.69) is 10.6 Å². The molecule has 2 aliphatic rings. The molecule has 2 aromatic rings. The Bertz CT molecular complexity index is 903. The lowest BCUT2D eigenvalue weighted by Gasteiger charge is -2.34. The number of anilines is 2. The van der Waals surface area contributed by atoms with Crippen molar-refractivity contribution in [3.05, 3.63) is 48.0 Å². The minimum atomic E-state index is -4.40. The van der Waals surface area contributed by atoms with E-state index in [0.717, 1.165) is 30.7 Å². The maximum absolute atomic E-state index is 12.7. The number of nitrogens with one attached hydrogen (secondary N) is 2. The van der Waals surface area contributed by atoms with Gasteiger partial charge in [-0.3, -0.25) is 0 Å². The molecule has 0 spiro atoms. The van der Waals surface area contributed by atoms with Gasteiger partial charge in [-0.15, -0.1) is 0 Å². The topological polar surface area (TPSA) is 62.8 Å². The van der Waals surface area contributed by atoms with Gasteiger partial charge >= 0.3 is 12.2 Å². The van der Waals surface area contributed by atoms with Gasteiger partial charge in [-0.25, -0.2) is 4.79 Å². The lowest BCUT2D eigenvalue weighted by molar-refractivity contribution is -0.137. The second kappa shape index (κ2) is 8.33. The summed E-state index contributed by atoms with van der Waals surface area (Å²) in [4.78, 5) is 14.2. The van der Waals surface area contributed by atoms with Crippen LogP contribution in [-0.2, 0) is 6.18 Å². The quantitative estimate of drug-likeness (QED) is 0.761. The van der Waals surface area contributed by atoms with E-state index in [1.807, 2.05) is 18.2 Å². The number of amides is 2. The zero-order chi connectivity index (χ0) is 21.1. The highest BCUT2D eigenvalue weighted by Crippen LogP contribution is 2.33. The van der Waals surface area contributed by atoms with E-state index >= 15 is 0 Å². The van der Waals surface area contributed by atoms with Gasteiger partial charge in [0.05, 0.1) is 5.56 Å². The number of nitrogens with zero attached hydrogens (tertiary/aromatic N) is 1. The van der Waals surface area contributed by atoms with Gasteiger partial charge in [-0.1, -0.05) is 0 Å². The van der Waals surface area contributed by atoms with Crippen LogP contribution in [0.3, 0.4) is 0 Å². The van der Waals surface area contributed by atoms with Crippen LogP contribution in [0.4, 0.5) is 29.3 Å². The molecule has 0 saturated carbocycles. The van der Waals surface area contributed by atoms with E-state index in [9.17, 15) is 18.0 Å². The van der Waals surface area contributed by atoms with Gasteiger partial charge in [0.1, 0.15) is 13.2 Å². The third-order valence-corrected chi connectivity index (χ3v) is 5.09. The van der Waals surface area contributed by atoms with Gasteiger partial charge < -0.3 is 25.0 Å². The van der Waals surface area contributed by atoms with E-state index in [4.69, 9.17) is 9.47 Å². The Morgan fingerprint density at radius 1 is 1.00 bits per heavy atom. The Kier molecular flexibility index (Phi) is 5.61. The van der Waals surface area contributed by atoms with Crippen molar-refractivity contribution >= 4 is 17.4 Å². The van der Waals surface area contributed by atoms with Crippen LogP contribution >= 0.6 is 0 Å². The first-order valence-corrected chi connectivity index (χ1v) is 9.78. The molecular formula is C21H22F3N3O3. The largest absolute Gasteiger partial charge is 0.486 e. The van der Waals surface area contributed by atoms with Gasteiger partial charge in [0.15, 0.2) is 11.5 Å². The zero-order valence-corrected chi connectivity index (χ0v) is 16.2. The van der Waals surface area contributed by atoms with Crippen molar-refractivity contribution in [2.45, 2.75) is 25.1 Å². The van der Waals surface area contributed by atoms with Gasteiger partial charge in [0.2, 0.25) is 0 Å². The molecule has 1 unspecified atom stereocenters. The number of urea groups is 1. The summed E-state index contributed by atoms with van der Waals surface area (Å²) >= 11 is 0. The molecule has 4 rings (SSSR count). The molecule has 2 heterocycles. The smallest absolute Gasteiger partial charge is 0.416 e. The van der Waals surface area contributed by atoms with Crippen LogP contribution in [-0.4, -0.2) is 43.3 Å². The van der Waals surface area contributed by atoms with Crippen molar-refractivity contribution in [3.63, 3.8) is 0 Å². The number of benzene rings is 2. The third-order valence-electron chi connectivity index (χ3n) is 5.09. The van der Waals surface area contributed by atoms with Crippen LogP contribution in [0.1, 0.15) is 18.4 Å². The summed E-state index contributed by atoms with van der Waals surface area (Å²) in [5.74, 6) is 1.41. The molecule has 160 valence electrons. The first kappa shape index (κ1) is 20.2. The number of hydrogen-bond acceptors (Lipinski definition) is 4. The number of ether oxygens (including phenoxy) is 2. The van der Waals surface area contributed by atoms with E-state index in [0.29, 0.717) is 43.5 Å². The number of hydrogen-bond donors (Lipinski definition) is 2. The van der Waals surface area contributed by atoms with Crippen molar-refractivity contribution in [2.24, 2.45) is 0 Å². The Hall–Kier alpha value is -3.10. The van der Waals surface area contributed by atoms with Crippen LogP contribution < -0.4 is 20.1 Å². The molecule has 2 N–H and O–H groups in total. The van der Waals surface area contributed by atoms with Crippen LogP contribution in [0.5, 0.6) is 11.5 Å². The lowest BCUT2D eigenvalue weighted by atomic mass is 10.1.